The minimum Gasteiger partial charge on any atom is -0.313 e. The van der Waals surface area contributed by atoms with Gasteiger partial charge in [0.2, 0.25) is 0 Å². The Morgan fingerprint density at radius 3 is 2.24 bits per heavy atom. The summed E-state index contributed by atoms with van der Waals surface area (Å²) >= 11 is 0. The van der Waals surface area contributed by atoms with Crippen LogP contribution in [-0.2, 0) is 0 Å². The fourth-order valence-electron chi connectivity index (χ4n) is 3.75. The van der Waals surface area contributed by atoms with Crippen LogP contribution in [0.1, 0.15) is 72.6 Å². The van der Waals surface area contributed by atoms with Gasteiger partial charge in [0.15, 0.2) is 0 Å². The third-order valence-corrected chi connectivity index (χ3v) is 5.23. The molecule has 2 rings (SSSR count). The third-order valence-electron chi connectivity index (χ3n) is 5.23. The van der Waals surface area contributed by atoms with Gasteiger partial charge in [-0.05, 0) is 42.4 Å². The summed E-state index contributed by atoms with van der Waals surface area (Å²) in [6.07, 6.45) is 10.0. The first-order valence-electron chi connectivity index (χ1n) is 7.64. The van der Waals surface area contributed by atoms with Crippen LogP contribution in [0.5, 0.6) is 0 Å². The summed E-state index contributed by atoms with van der Waals surface area (Å²) in [7, 11) is 0. The maximum absolute atomic E-state index is 3.92. The van der Waals surface area contributed by atoms with Gasteiger partial charge in [-0.3, -0.25) is 0 Å². The molecule has 100 valence electrons. The third kappa shape index (κ3) is 3.24. The van der Waals surface area contributed by atoms with Gasteiger partial charge in [-0.2, -0.15) is 0 Å². The van der Waals surface area contributed by atoms with Gasteiger partial charge in [0.05, 0.1) is 0 Å². The average Bonchev–Trinajstić information content (AvgIpc) is 2.23. The molecule has 0 bridgehead atoms. The lowest BCUT2D eigenvalue weighted by Gasteiger charge is -2.45. The van der Waals surface area contributed by atoms with Crippen LogP contribution in [-0.4, -0.2) is 12.6 Å². The van der Waals surface area contributed by atoms with Crippen LogP contribution in [0.3, 0.4) is 0 Å². The molecule has 2 atom stereocenters. The Balaban J connectivity index is 1.88. The molecule has 0 aromatic carbocycles. The van der Waals surface area contributed by atoms with Crippen molar-refractivity contribution in [2.24, 2.45) is 16.7 Å². The highest BCUT2D eigenvalue weighted by molar-refractivity contribution is 4.92. The van der Waals surface area contributed by atoms with Gasteiger partial charge in [-0.25, -0.2) is 0 Å². The molecule has 0 spiro atoms. The van der Waals surface area contributed by atoms with Crippen molar-refractivity contribution in [1.82, 2.24) is 5.32 Å². The fraction of sp³-hybridized carbons (Fsp3) is 1.00. The predicted octanol–water partition coefficient (Wildman–Crippen LogP) is 4.37. The molecule has 2 aliphatic rings. The minimum atomic E-state index is 0.471. The molecule has 2 aliphatic carbocycles. The molecule has 0 heterocycles. The highest BCUT2D eigenvalue weighted by Gasteiger charge is 2.37. The lowest BCUT2D eigenvalue weighted by molar-refractivity contribution is 0.0976. The van der Waals surface area contributed by atoms with Crippen molar-refractivity contribution in [3.05, 3.63) is 0 Å². The van der Waals surface area contributed by atoms with Crippen LogP contribution in [0.15, 0.2) is 0 Å². The Labute approximate surface area is 108 Å². The van der Waals surface area contributed by atoms with Crippen LogP contribution in [0.4, 0.5) is 0 Å². The second-order valence-corrected chi connectivity index (χ2v) is 7.91. The van der Waals surface area contributed by atoms with E-state index in [1.165, 1.54) is 51.5 Å². The van der Waals surface area contributed by atoms with E-state index in [0.29, 0.717) is 10.8 Å². The van der Waals surface area contributed by atoms with Crippen LogP contribution in [0.25, 0.3) is 0 Å². The van der Waals surface area contributed by atoms with Gasteiger partial charge in [0, 0.05) is 12.6 Å². The average molecular weight is 237 g/mol. The number of nitrogens with one attached hydrogen (secondary N) is 1. The topological polar surface area (TPSA) is 12.0 Å². The van der Waals surface area contributed by atoms with Gasteiger partial charge >= 0.3 is 0 Å². The summed E-state index contributed by atoms with van der Waals surface area (Å²) in [6.45, 7) is 11.0. The number of hydrogen-bond donors (Lipinski definition) is 1. The molecule has 0 aromatic heterocycles. The summed E-state index contributed by atoms with van der Waals surface area (Å²) in [5.41, 5.74) is 1.10. The second-order valence-electron chi connectivity index (χ2n) is 7.91. The summed E-state index contributed by atoms with van der Waals surface area (Å²) in [5, 5.41) is 3.92. The smallest absolute Gasteiger partial charge is 0.0100 e. The van der Waals surface area contributed by atoms with Gasteiger partial charge in [-0.15, -0.1) is 0 Å². The van der Waals surface area contributed by atoms with E-state index in [-0.39, 0.29) is 0 Å². The molecule has 2 unspecified atom stereocenters. The van der Waals surface area contributed by atoms with Gasteiger partial charge in [-0.1, -0.05) is 47.0 Å². The van der Waals surface area contributed by atoms with Crippen LogP contribution in [0, 0.1) is 16.7 Å². The summed E-state index contributed by atoms with van der Waals surface area (Å²) < 4.78 is 0. The predicted molar refractivity (Wildman–Crippen MR) is 75.2 cm³/mol. The molecule has 2 saturated carbocycles. The Hall–Kier alpha value is -0.0400. The lowest BCUT2D eigenvalue weighted by Crippen LogP contribution is -2.48. The molecular weight excluding hydrogens is 206 g/mol. The van der Waals surface area contributed by atoms with Crippen LogP contribution < -0.4 is 5.32 Å². The highest BCUT2D eigenvalue weighted by atomic mass is 14.9. The first kappa shape index (κ1) is 13.4. The molecule has 0 saturated heterocycles. The molecular formula is C16H31N. The van der Waals surface area contributed by atoms with Crippen molar-refractivity contribution in [2.75, 3.05) is 6.54 Å². The van der Waals surface area contributed by atoms with E-state index < -0.39 is 0 Å². The zero-order chi connectivity index (χ0) is 12.5. The molecule has 1 N–H and O–H groups in total. The molecule has 0 aliphatic heterocycles. The SMILES string of the molecule is CC1(CNC2CCCCC2C(C)(C)C)CCC1. The Bertz CT molecular complexity index is 247. The molecule has 1 heteroatoms. The van der Waals surface area contributed by atoms with Gasteiger partial charge in [0.25, 0.3) is 0 Å². The van der Waals surface area contributed by atoms with E-state index in [0.717, 1.165) is 12.0 Å². The van der Waals surface area contributed by atoms with Crippen molar-refractivity contribution in [3.63, 3.8) is 0 Å². The maximum atomic E-state index is 3.92. The van der Waals surface area contributed by atoms with Crippen LogP contribution in [0.2, 0.25) is 0 Å². The van der Waals surface area contributed by atoms with Gasteiger partial charge < -0.3 is 5.32 Å². The Kier molecular flexibility index (Phi) is 3.87. The second kappa shape index (κ2) is 4.91. The van der Waals surface area contributed by atoms with Crippen LogP contribution >= 0.6 is 0 Å². The first-order valence-corrected chi connectivity index (χ1v) is 7.64. The Morgan fingerprint density at radius 1 is 1.06 bits per heavy atom. The normalized spacial score (nSPS) is 33.2. The highest BCUT2D eigenvalue weighted by Crippen LogP contribution is 2.41. The molecule has 17 heavy (non-hydrogen) atoms. The largest absolute Gasteiger partial charge is 0.313 e. The van der Waals surface area contributed by atoms with E-state index >= 15 is 0 Å². The monoisotopic (exact) mass is 237 g/mol. The van der Waals surface area contributed by atoms with Crippen molar-refractivity contribution < 1.29 is 0 Å². The number of hydrogen-bond acceptors (Lipinski definition) is 1. The van der Waals surface area contributed by atoms with E-state index in [9.17, 15) is 0 Å². The number of rotatable bonds is 3. The molecule has 0 aromatic rings. The van der Waals surface area contributed by atoms with Crippen molar-refractivity contribution >= 4 is 0 Å². The van der Waals surface area contributed by atoms with E-state index in [1.54, 1.807) is 0 Å². The minimum absolute atomic E-state index is 0.471. The zero-order valence-electron chi connectivity index (χ0n) is 12.3. The summed E-state index contributed by atoms with van der Waals surface area (Å²) in [6, 6.07) is 0.779. The first-order chi connectivity index (χ1) is 7.91. The standard InChI is InChI=1S/C16H31N/c1-15(2,3)13-8-5-6-9-14(13)17-12-16(4)10-7-11-16/h13-14,17H,5-12H2,1-4H3. The lowest BCUT2D eigenvalue weighted by atomic mass is 9.68. The molecule has 0 amide bonds. The van der Waals surface area contributed by atoms with Gasteiger partial charge in [0.1, 0.15) is 0 Å². The summed E-state index contributed by atoms with van der Waals surface area (Å²) in [4.78, 5) is 0. The van der Waals surface area contributed by atoms with Crippen molar-refractivity contribution in [2.45, 2.75) is 78.7 Å². The fourth-order valence-corrected chi connectivity index (χ4v) is 3.75. The maximum Gasteiger partial charge on any atom is 0.0100 e. The van der Waals surface area contributed by atoms with E-state index in [4.69, 9.17) is 0 Å². The quantitative estimate of drug-likeness (QED) is 0.768. The molecule has 1 nitrogen and oxygen atoms in total. The molecule has 2 fully saturated rings. The summed E-state index contributed by atoms with van der Waals surface area (Å²) in [5.74, 6) is 0.875. The van der Waals surface area contributed by atoms with Crippen molar-refractivity contribution in [1.29, 1.82) is 0 Å². The Morgan fingerprint density at radius 2 is 1.71 bits per heavy atom. The van der Waals surface area contributed by atoms with Crippen molar-refractivity contribution in [3.8, 4) is 0 Å². The van der Waals surface area contributed by atoms with E-state index in [1.807, 2.05) is 0 Å². The zero-order valence-corrected chi connectivity index (χ0v) is 12.3. The van der Waals surface area contributed by atoms with E-state index in [2.05, 4.69) is 33.0 Å². The molecule has 0 radical (unpaired) electrons.